The molecule has 0 bridgehead atoms. The number of ether oxygens (including phenoxy) is 5. The molecule has 0 saturated heterocycles. The van der Waals surface area contributed by atoms with Gasteiger partial charge in [0.25, 0.3) is 0 Å². The van der Waals surface area contributed by atoms with E-state index in [2.05, 4.69) is 21.9 Å². The van der Waals surface area contributed by atoms with Crippen molar-refractivity contribution < 1.29 is 62.4 Å². The SMILES string of the molecule is C=CC(=O)OCCOC(=O)CCCCCOC.CC(=O)CC(=O)NCCNC(=O)CC(=O)OCCOc1ccc(C(=O)C(C)(C)O)cc1. The molecule has 0 heterocycles. The molecule has 0 aliphatic carbocycles. The highest BCUT2D eigenvalue weighted by Crippen LogP contribution is 2.17. The molecule has 3 N–H and O–H groups in total. The van der Waals surface area contributed by atoms with E-state index in [0.717, 1.165) is 25.3 Å². The van der Waals surface area contributed by atoms with Crippen molar-refractivity contribution in [1.29, 1.82) is 0 Å². The summed E-state index contributed by atoms with van der Waals surface area (Å²) in [6.45, 7) is 8.47. The molecule has 0 aliphatic heterocycles. The Bertz CT molecular complexity index is 1190. The second kappa shape index (κ2) is 25.5. The Morgan fingerprint density at radius 2 is 1.33 bits per heavy atom. The number of carbonyl (C=O) groups is 7. The van der Waals surface area contributed by atoms with Gasteiger partial charge in [-0.3, -0.25) is 28.8 Å². The molecule has 0 unspecified atom stereocenters. The number of amides is 2. The van der Waals surface area contributed by atoms with Gasteiger partial charge in [-0.2, -0.15) is 0 Å². The maximum Gasteiger partial charge on any atom is 0.330 e. The number of Topliss-reactive ketones (excluding diaryl/α,β-unsaturated/α-hetero) is 2. The predicted molar refractivity (Wildman–Crippen MR) is 172 cm³/mol. The summed E-state index contributed by atoms with van der Waals surface area (Å²) in [5, 5.41) is 14.6. The number of nitrogens with one attached hydrogen (secondary N) is 2. The maximum atomic E-state index is 11.9. The van der Waals surface area contributed by atoms with Crippen LogP contribution in [0.5, 0.6) is 5.75 Å². The summed E-state index contributed by atoms with van der Waals surface area (Å²) >= 11 is 0. The Morgan fingerprint density at radius 3 is 1.90 bits per heavy atom. The lowest BCUT2D eigenvalue weighted by molar-refractivity contribution is -0.149. The van der Waals surface area contributed by atoms with E-state index in [1.165, 1.54) is 32.9 Å². The van der Waals surface area contributed by atoms with Crippen LogP contribution in [-0.4, -0.2) is 105 Å². The fraction of sp³-hybridized carbons (Fsp3) is 0.545. The molecular weight excluding hydrogens is 632 g/mol. The molecular formula is C33H48N2O13. The number of benzene rings is 1. The number of hydrogen-bond donors (Lipinski definition) is 3. The molecule has 0 atom stereocenters. The van der Waals surface area contributed by atoms with Gasteiger partial charge in [-0.25, -0.2) is 4.79 Å². The quantitative estimate of drug-likeness (QED) is 0.0375. The molecule has 0 aliphatic rings. The summed E-state index contributed by atoms with van der Waals surface area (Å²) in [7, 11) is 1.65. The molecule has 0 aromatic heterocycles. The molecule has 48 heavy (non-hydrogen) atoms. The molecule has 1 aromatic rings. The van der Waals surface area contributed by atoms with Crippen molar-refractivity contribution in [2.75, 3.05) is 53.2 Å². The fourth-order valence-electron chi connectivity index (χ4n) is 3.43. The minimum Gasteiger partial charge on any atom is -0.490 e. The minimum absolute atomic E-state index is 0.0499. The van der Waals surface area contributed by atoms with Gasteiger partial charge in [0.05, 0.1) is 6.42 Å². The molecule has 268 valence electrons. The number of methoxy groups -OCH3 is 1. The van der Waals surface area contributed by atoms with Gasteiger partial charge in [-0.15, -0.1) is 0 Å². The first-order valence-corrected chi connectivity index (χ1v) is 15.3. The third-order valence-electron chi connectivity index (χ3n) is 5.76. The Hall–Kier alpha value is -4.63. The lowest BCUT2D eigenvalue weighted by Crippen LogP contribution is -2.36. The average molecular weight is 681 g/mol. The second-order valence-corrected chi connectivity index (χ2v) is 10.6. The van der Waals surface area contributed by atoms with Gasteiger partial charge < -0.3 is 39.4 Å². The van der Waals surface area contributed by atoms with Crippen molar-refractivity contribution in [3.05, 3.63) is 42.5 Å². The van der Waals surface area contributed by atoms with Gasteiger partial charge in [0, 0.05) is 44.9 Å². The van der Waals surface area contributed by atoms with Crippen molar-refractivity contribution in [3.63, 3.8) is 0 Å². The number of rotatable bonds is 23. The van der Waals surface area contributed by atoms with Crippen molar-refractivity contribution in [2.24, 2.45) is 0 Å². The summed E-state index contributed by atoms with van der Waals surface area (Å²) in [6, 6.07) is 6.16. The zero-order valence-corrected chi connectivity index (χ0v) is 28.1. The van der Waals surface area contributed by atoms with Crippen LogP contribution in [0.1, 0.15) is 69.7 Å². The summed E-state index contributed by atoms with van der Waals surface area (Å²) in [5.41, 5.74) is -1.12. The average Bonchev–Trinajstić information content (AvgIpc) is 3.02. The molecule has 0 saturated carbocycles. The van der Waals surface area contributed by atoms with E-state index in [4.69, 9.17) is 18.9 Å². The van der Waals surface area contributed by atoms with Crippen molar-refractivity contribution in [1.82, 2.24) is 10.6 Å². The first kappa shape index (κ1) is 43.4. The van der Waals surface area contributed by atoms with Crippen LogP contribution in [-0.2, 0) is 47.7 Å². The van der Waals surface area contributed by atoms with E-state index in [1.54, 1.807) is 19.2 Å². The van der Waals surface area contributed by atoms with E-state index in [-0.39, 0.29) is 57.7 Å². The van der Waals surface area contributed by atoms with Crippen LogP contribution in [0.25, 0.3) is 0 Å². The first-order chi connectivity index (χ1) is 22.7. The Labute approximate surface area is 280 Å². The maximum absolute atomic E-state index is 11.9. The van der Waals surface area contributed by atoms with E-state index >= 15 is 0 Å². The van der Waals surface area contributed by atoms with Crippen LogP contribution in [0.2, 0.25) is 0 Å². The highest BCUT2D eigenvalue weighted by Gasteiger charge is 2.25. The van der Waals surface area contributed by atoms with Crippen molar-refractivity contribution in [3.8, 4) is 5.75 Å². The monoisotopic (exact) mass is 680 g/mol. The van der Waals surface area contributed by atoms with Crippen molar-refractivity contribution >= 4 is 41.3 Å². The predicted octanol–water partition coefficient (Wildman–Crippen LogP) is 1.63. The lowest BCUT2D eigenvalue weighted by atomic mass is 9.97. The molecule has 2 amide bonds. The van der Waals surface area contributed by atoms with Crippen LogP contribution >= 0.6 is 0 Å². The fourth-order valence-corrected chi connectivity index (χ4v) is 3.43. The lowest BCUT2D eigenvalue weighted by Gasteiger charge is -2.15. The molecule has 0 fully saturated rings. The van der Waals surface area contributed by atoms with Gasteiger partial charge in [0.15, 0.2) is 5.78 Å². The third-order valence-corrected chi connectivity index (χ3v) is 5.76. The van der Waals surface area contributed by atoms with Crippen LogP contribution in [0.4, 0.5) is 0 Å². The number of carbonyl (C=O) groups excluding carboxylic acids is 7. The number of unbranched alkanes of at least 4 members (excludes halogenated alkanes) is 2. The summed E-state index contributed by atoms with van der Waals surface area (Å²) in [4.78, 5) is 79.0. The van der Waals surface area contributed by atoms with Crippen LogP contribution in [0, 0.1) is 0 Å². The Morgan fingerprint density at radius 1 is 0.771 bits per heavy atom. The van der Waals surface area contributed by atoms with Gasteiger partial charge >= 0.3 is 17.9 Å². The highest BCUT2D eigenvalue weighted by atomic mass is 16.6. The van der Waals surface area contributed by atoms with E-state index in [1.807, 2.05) is 0 Å². The number of esters is 3. The van der Waals surface area contributed by atoms with E-state index < -0.39 is 41.6 Å². The molecule has 15 heteroatoms. The molecule has 15 nitrogen and oxygen atoms in total. The van der Waals surface area contributed by atoms with Gasteiger partial charge in [-0.05, 0) is 57.9 Å². The number of ketones is 2. The van der Waals surface area contributed by atoms with Crippen LogP contribution in [0.15, 0.2) is 36.9 Å². The summed E-state index contributed by atoms with van der Waals surface area (Å²) in [5.74, 6) is -2.72. The van der Waals surface area contributed by atoms with Crippen molar-refractivity contribution in [2.45, 2.75) is 64.9 Å². The number of hydrogen-bond acceptors (Lipinski definition) is 13. The highest BCUT2D eigenvalue weighted by molar-refractivity contribution is 6.01. The third kappa shape index (κ3) is 23.7. The topological polar surface area (TPSA) is 210 Å². The van der Waals surface area contributed by atoms with E-state index in [0.29, 0.717) is 24.3 Å². The molecule has 0 spiro atoms. The van der Waals surface area contributed by atoms with Crippen LogP contribution in [0.3, 0.4) is 0 Å². The molecule has 0 radical (unpaired) electrons. The molecule has 1 rings (SSSR count). The standard InChI is InChI=1S/C21H28N2O8.C12H20O5/c1-14(24)12-17(25)22-8-9-23-18(26)13-19(27)31-11-10-30-16-6-4-15(5-7-16)20(28)21(2,3)29;1-3-11(13)16-9-10-17-12(14)7-5-4-6-8-15-2/h4-7,29H,8-13H2,1-3H3,(H,22,25)(H,23,26);3H,1,4-10H2,2H3. The smallest absolute Gasteiger partial charge is 0.330 e. The van der Waals surface area contributed by atoms with E-state index in [9.17, 15) is 38.7 Å². The minimum atomic E-state index is -1.47. The Kier molecular flexibility index (Phi) is 23.0. The Balaban J connectivity index is 0.00000110. The largest absolute Gasteiger partial charge is 0.490 e. The first-order valence-electron chi connectivity index (χ1n) is 15.3. The van der Waals surface area contributed by atoms with Gasteiger partial charge in [-0.1, -0.05) is 13.0 Å². The molecule has 1 aromatic carbocycles. The zero-order chi connectivity index (χ0) is 36.4. The normalized spacial score (nSPS) is 10.4. The summed E-state index contributed by atoms with van der Waals surface area (Å²) < 4.78 is 24.7. The second-order valence-electron chi connectivity index (χ2n) is 10.6. The zero-order valence-electron chi connectivity index (χ0n) is 28.1. The van der Waals surface area contributed by atoms with Gasteiger partial charge in [0.1, 0.15) is 50.0 Å². The van der Waals surface area contributed by atoms with Gasteiger partial charge in [0.2, 0.25) is 11.8 Å². The number of aliphatic hydroxyl groups is 1. The summed E-state index contributed by atoms with van der Waals surface area (Å²) in [6.07, 6.45) is 3.43. The van der Waals surface area contributed by atoms with Crippen LogP contribution < -0.4 is 15.4 Å².